The highest BCUT2D eigenvalue weighted by molar-refractivity contribution is 5.97. The average molecular weight is 230 g/mol. The van der Waals surface area contributed by atoms with Crippen LogP contribution in [-0.4, -0.2) is 12.3 Å². The van der Waals surface area contributed by atoms with Crippen LogP contribution in [0.1, 0.15) is 6.42 Å². The summed E-state index contributed by atoms with van der Waals surface area (Å²) in [6.45, 7) is 0.551. The highest BCUT2D eigenvalue weighted by atomic mass is 19.1. The van der Waals surface area contributed by atoms with Crippen molar-refractivity contribution in [3.05, 3.63) is 61.7 Å². The van der Waals surface area contributed by atoms with Crippen molar-refractivity contribution in [3.8, 4) is 0 Å². The Morgan fingerprint density at radius 1 is 1.12 bits per heavy atom. The minimum atomic E-state index is -0.261. The number of Topliss-reactive ketones (excluding diaryl/α,β-unsaturated/α-hetero) is 1. The van der Waals surface area contributed by atoms with Crippen LogP contribution in [0.2, 0.25) is 0 Å². The molecule has 1 aliphatic carbocycles. The molecule has 1 fully saturated rings. The van der Waals surface area contributed by atoms with Crippen LogP contribution in [0.3, 0.4) is 0 Å². The molecule has 0 amide bonds. The number of hydrogen-bond acceptors (Lipinski definition) is 2. The number of nitrogens with one attached hydrogen (secondary N) is 1. The summed E-state index contributed by atoms with van der Waals surface area (Å²) >= 11 is 0. The maximum atomic E-state index is 12.6. The van der Waals surface area contributed by atoms with Gasteiger partial charge in [0.2, 0.25) is 0 Å². The molecule has 0 unspecified atom stereocenters. The molecule has 0 aromatic heterocycles. The molecule has 0 bridgehead atoms. The lowest BCUT2D eigenvalue weighted by Gasteiger charge is -2.08. The van der Waals surface area contributed by atoms with Crippen molar-refractivity contribution in [2.24, 2.45) is 0 Å². The molecule has 1 aliphatic rings. The molecule has 1 N–H and O–H groups in total. The van der Waals surface area contributed by atoms with Gasteiger partial charge < -0.3 is 5.32 Å². The van der Waals surface area contributed by atoms with Gasteiger partial charge in [0.05, 0.1) is 0 Å². The van der Waals surface area contributed by atoms with E-state index in [1.165, 1.54) is 12.1 Å². The van der Waals surface area contributed by atoms with E-state index in [9.17, 15) is 9.18 Å². The second-order valence-electron chi connectivity index (χ2n) is 3.78. The van der Waals surface area contributed by atoms with E-state index in [0.717, 1.165) is 11.6 Å². The Hall–Kier alpha value is -1.38. The summed E-state index contributed by atoms with van der Waals surface area (Å²) in [5.41, 5.74) is 0.821. The second-order valence-corrected chi connectivity index (χ2v) is 3.78. The van der Waals surface area contributed by atoms with Crippen molar-refractivity contribution in [2.75, 3.05) is 11.9 Å². The van der Waals surface area contributed by atoms with Crippen molar-refractivity contribution >= 4 is 11.5 Å². The summed E-state index contributed by atoms with van der Waals surface area (Å²) in [6.07, 6.45) is 7.74. The Morgan fingerprint density at radius 2 is 1.76 bits per heavy atom. The number of carbonyl (C=O) groups excluding carboxylic acids is 1. The van der Waals surface area contributed by atoms with E-state index in [-0.39, 0.29) is 11.6 Å². The molecular weight excluding hydrogens is 217 g/mol. The first-order valence-electron chi connectivity index (χ1n) is 5.50. The first-order chi connectivity index (χ1) is 8.25. The third-order valence-electron chi connectivity index (χ3n) is 2.51. The van der Waals surface area contributed by atoms with Crippen LogP contribution in [-0.2, 0) is 4.79 Å². The maximum absolute atomic E-state index is 12.6. The number of hydrogen-bond donors (Lipinski definition) is 1. The monoisotopic (exact) mass is 230 g/mol. The fraction of sp³-hybridized carbons (Fsp3) is 0.143. The maximum Gasteiger partial charge on any atom is 0.142 e. The van der Waals surface area contributed by atoms with E-state index in [4.69, 9.17) is 0 Å². The third-order valence-corrected chi connectivity index (χ3v) is 2.51. The van der Waals surface area contributed by atoms with Crippen molar-refractivity contribution in [3.63, 3.8) is 0 Å². The van der Waals surface area contributed by atoms with Gasteiger partial charge in [-0.2, -0.15) is 0 Å². The number of halogens is 1. The molecule has 0 heterocycles. The Morgan fingerprint density at radius 3 is 2.41 bits per heavy atom. The highest BCUT2D eigenvalue weighted by Gasteiger charge is 2.23. The topological polar surface area (TPSA) is 29.1 Å². The van der Waals surface area contributed by atoms with Crippen LogP contribution in [0.25, 0.3) is 0 Å². The summed E-state index contributed by atoms with van der Waals surface area (Å²) in [4.78, 5) is 11.7. The Balaban J connectivity index is 1.72. The van der Waals surface area contributed by atoms with Crippen LogP contribution in [0.4, 0.5) is 10.1 Å². The number of benzene rings is 1. The van der Waals surface area contributed by atoms with Gasteiger partial charge in [-0.25, -0.2) is 4.39 Å². The van der Waals surface area contributed by atoms with E-state index in [1.807, 2.05) is 12.8 Å². The van der Waals surface area contributed by atoms with E-state index in [1.54, 1.807) is 25.0 Å². The molecule has 0 atom stereocenters. The molecule has 1 aromatic carbocycles. The molecule has 2 rings (SSSR count). The molecule has 3 heteroatoms. The number of carbonyl (C=O) groups is 1. The molecule has 5 radical (unpaired) electrons. The lowest BCUT2D eigenvalue weighted by Crippen LogP contribution is -2.14. The zero-order valence-electron chi connectivity index (χ0n) is 9.32. The number of rotatable bonds is 5. The Bertz CT molecular complexity index is 368. The van der Waals surface area contributed by atoms with Gasteiger partial charge in [0.15, 0.2) is 0 Å². The predicted octanol–water partition coefficient (Wildman–Crippen LogP) is 2.60. The van der Waals surface area contributed by atoms with Gasteiger partial charge in [-0.05, 0) is 49.9 Å². The molecule has 2 nitrogen and oxygen atoms in total. The summed E-state index contributed by atoms with van der Waals surface area (Å²) in [5.74, 6) is 0.596. The Kier molecular flexibility index (Phi) is 4.13. The van der Waals surface area contributed by atoms with Crippen molar-refractivity contribution in [1.82, 2.24) is 0 Å². The molecule has 0 spiro atoms. The standard InChI is InChI=1S/C14H13FNO/c15-12-5-7-13(8-6-12)16-10-9-14(17)11-3-1-2-4-11/h1-8,16H,9-10H2. The van der Waals surface area contributed by atoms with Gasteiger partial charge in [0.25, 0.3) is 0 Å². The fourth-order valence-electron chi connectivity index (χ4n) is 1.59. The molecular formula is C14H13FNO. The summed E-state index contributed by atoms with van der Waals surface area (Å²) in [6, 6.07) is 6.09. The van der Waals surface area contributed by atoms with E-state index < -0.39 is 0 Å². The van der Waals surface area contributed by atoms with Crippen molar-refractivity contribution in [1.29, 1.82) is 0 Å². The zero-order chi connectivity index (χ0) is 12.1. The minimum Gasteiger partial charge on any atom is -0.385 e. The molecule has 17 heavy (non-hydrogen) atoms. The number of ketones is 1. The molecule has 0 saturated heterocycles. The van der Waals surface area contributed by atoms with Gasteiger partial charge in [0, 0.05) is 24.6 Å². The predicted molar refractivity (Wildman–Crippen MR) is 65.0 cm³/mol. The third kappa shape index (κ3) is 3.55. The second kappa shape index (κ2) is 5.80. The van der Waals surface area contributed by atoms with Crippen LogP contribution >= 0.6 is 0 Å². The first kappa shape index (κ1) is 12.1. The zero-order valence-corrected chi connectivity index (χ0v) is 9.32. The van der Waals surface area contributed by atoms with Crippen molar-refractivity contribution < 1.29 is 9.18 Å². The average Bonchev–Trinajstić information content (AvgIpc) is 2.85. The summed E-state index contributed by atoms with van der Waals surface area (Å²) in [7, 11) is 0. The lowest BCUT2D eigenvalue weighted by molar-refractivity contribution is -0.116. The van der Waals surface area contributed by atoms with E-state index in [0.29, 0.717) is 13.0 Å². The summed E-state index contributed by atoms with van der Waals surface area (Å²) in [5, 5.41) is 3.08. The molecule has 0 aliphatic heterocycles. The Labute approximate surface area is 101 Å². The normalized spacial score (nSPS) is 16.1. The first-order valence-corrected chi connectivity index (χ1v) is 5.50. The van der Waals surface area contributed by atoms with Gasteiger partial charge in [0.1, 0.15) is 11.6 Å². The SMILES string of the molecule is O=C(CCNc1ccc(F)cc1)[C]1[CH][CH][CH][CH]1. The number of anilines is 1. The molecule has 1 saturated carbocycles. The van der Waals surface area contributed by atoms with Crippen LogP contribution in [0.15, 0.2) is 24.3 Å². The van der Waals surface area contributed by atoms with Gasteiger partial charge in [-0.1, -0.05) is 0 Å². The van der Waals surface area contributed by atoms with Crippen LogP contribution in [0, 0.1) is 37.4 Å². The largest absolute Gasteiger partial charge is 0.385 e. The van der Waals surface area contributed by atoms with E-state index >= 15 is 0 Å². The van der Waals surface area contributed by atoms with Crippen LogP contribution < -0.4 is 5.32 Å². The highest BCUT2D eigenvalue weighted by Crippen LogP contribution is 2.24. The minimum absolute atomic E-state index is 0.115. The van der Waals surface area contributed by atoms with Crippen molar-refractivity contribution in [2.45, 2.75) is 6.42 Å². The van der Waals surface area contributed by atoms with E-state index in [2.05, 4.69) is 5.32 Å². The van der Waals surface area contributed by atoms with Gasteiger partial charge in [-0.3, -0.25) is 4.79 Å². The van der Waals surface area contributed by atoms with Gasteiger partial charge >= 0.3 is 0 Å². The molecule has 87 valence electrons. The quantitative estimate of drug-likeness (QED) is 0.842. The van der Waals surface area contributed by atoms with Crippen LogP contribution in [0.5, 0.6) is 0 Å². The fourth-order valence-corrected chi connectivity index (χ4v) is 1.59. The molecule has 1 aromatic rings. The lowest BCUT2D eigenvalue weighted by atomic mass is 10.0. The smallest absolute Gasteiger partial charge is 0.142 e. The van der Waals surface area contributed by atoms with Gasteiger partial charge in [-0.15, -0.1) is 0 Å². The summed E-state index contributed by atoms with van der Waals surface area (Å²) < 4.78 is 12.6.